The molecule has 0 saturated carbocycles. The molecule has 1 fully saturated rings. The lowest BCUT2D eigenvalue weighted by molar-refractivity contribution is -0.115. The van der Waals surface area contributed by atoms with Crippen molar-refractivity contribution in [3.05, 3.63) is 29.3 Å². The number of ether oxygens (including phenoxy) is 1. The Labute approximate surface area is 156 Å². The van der Waals surface area contributed by atoms with Gasteiger partial charge in [-0.25, -0.2) is 0 Å². The smallest absolute Gasteiger partial charge is 0.245 e. The van der Waals surface area contributed by atoms with Gasteiger partial charge in [0.05, 0.1) is 17.9 Å². The summed E-state index contributed by atoms with van der Waals surface area (Å²) in [6.07, 6.45) is 2.04. The maximum atomic E-state index is 12.6. The SMILES string of the molecule is CC1(C)CN(CC(=O)Nc2nnc(C3CCCO3)s2)c2ccccc2N1. The number of carbonyl (C=O) groups excluding carboxylic acids is 1. The van der Waals surface area contributed by atoms with Gasteiger partial charge in [-0.05, 0) is 38.8 Å². The third kappa shape index (κ3) is 3.66. The number of amides is 1. The first-order chi connectivity index (χ1) is 12.5. The Hall–Kier alpha value is -2.19. The zero-order valence-electron chi connectivity index (χ0n) is 15.0. The van der Waals surface area contributed by atoms with Crippen LogP contribution in [0.3, 0.4) is 0 Å². The molecular weight excluding hydrogens is 350 g/mol. The summed E-state index contributed by atoms with van der Waals surface area (Å²) in [5.41, 5.74) is 1.98. The first-order valence-electron chi connectivity index (χ1n) is 8.87. The number of rotatable bonds is 4. The molecule has 1 amide bonds. The highest BCUT2D eigenvalue weighted by molar-refractivity contribution is 7.15. The molecule has 1 aromatic heterocycles. The van der Waals surface area contributed by atoms with Crippen molar-refractivity contribution in [2.24, 2.45) is 0 Å². The second-order valence-electron chi connectivity index (χ2n) is 7.38. The lowest BCUT2D eigenvalue weighted by Crippen LogP contribution is -2.50. The number of fused-ring (bicyclic) bond motifs is 1. The highest BCUT2D eigenvalue weighted by atomic mass is 32.1. The van der Waals surface area contributed by atoms with Crippen LogP contribution in [-0.4, -0.2) is 41.3 Å². The number of benzene rings is 1. The molecular formula is C18H23N5O2S. The fraction of sp³-hybridized carbons (Fsp3) is 0.500. The zero-order chi connectivity index (χ0) is 18.1. The van der Waals surface area contributed by atoms with E-state index in [9.17, 15) is 4.79 Å². The van der Waals surface area contributed by atoms with Crippen LogP contribution in [0.4, 0.5) is 16.5 Å². The molecule has 2 N–H and O–H groups in total. The van der Waals surface area contributed by atoms with Crippen LogP contribution < -0.4 is 15.5 Å². The molecule has 2 aromatic rings. The van der Waals surface area contributed by atoms with E-state index in [-0.39, 0.29) is 24.1 Å². The van der Waals surface area contributed by atoms with E-state index in [1.165, 1.54) is 11.3 Å². The first kappa shape index (κ1) is 17.2. The van der Waals surface area contributed by atoms with Gasteiger partial charge < -0.3 is 15.0 Å². The van der Waals surface area contributed by atoms with Crippen LogP contribution in [-0.2, 0) is 9.53 Å². The minimum absolute atomic E-state index is 0.0268. The molecule has 0 aliphatic carbocycles. The molecule has 3 heterocycles. The maximum Gasteiger partial charge on any atom is 0.245 e. The molecule has 2 aliphatic rings. The predicted octanol–water partition coefficient (Wildman–Crippen LogP) is 3.04. The van der Waals surface area contributed by atoms with Crippen molar-refractivity contribution in [1.82, 2.24) is 10.2 Å². The molecule has 0 radical (unpaired) electrons. The maximum absolute atomic E-state index is 12.6. The van der Waals surface area contributed by atoms with Crippen molar-refractivity contribution in [3.8, 4) is 0 Å². The monoisotopic (exact) mass is 373 g/mol. The van der Waals surface area contributed by atoms with Crippen LogP contribution >= 0.6 is 11.3 Å². The number of nitrogens with one attached hydrogen (secondary N) is 2. The van der Waals surface area contributed by atoms with E-state index in [4.69, 9.17) is 4.74 Å². The summed E-state index contributed by atoms with van der Waals surface area (Å²) >= 11 is 1.40. The molecule has 26 heavy (non-hydrogen) atoms. The topological polar surface area (TPSA) is 79.4 Å². The van der Waals surface area contributed by atoms with Crippen molar-refractivity contribution in [1.29, 1.82) is 0 Å². The van der Waals surface area contributed by atoms with Crippen LogP contribution in [0.2, 0.25) is 0 Å². The van der Waals surface area contributed by atoms with Crippen LogP contribution in [0, 0.1) is 0 Å². The molecule has 0 bridgehead atoms. The molecule has 4 rings (SSSR count). The highest BCUT2D eigenvalue weighted by Crippen LogP contribution is 2.34. The van der Waals surface area contributed by atoms with E-state index in [1.54, 1.807) is 0 Å². The van der Waals surface area contributed by atoms with Crippen LogP contribution in [0.1, 0.15) is 37.8 Å². The van der Waals surface area contributed by atoms with Crippen LogP contribution in [0.15, 0.2) is 24.3 Å². The van der Waals surface area contributed by atoms with Crippen molar-refractivity contribution in [3.63, 3.8) is 0 Å². The summed E-state index contributed by atoms with van der Waals surface area (Å²) in [4.78, 5) is 14.7. The number of nitrogens with zero attached hydrogens (tertiary/aromatic N) is 3. The average Bonchev–Trinajstić information content (AvgIpc) is 3.24. The first-order valence-corrected chi connectivity index (χ1v) is 9.69. The Bertz CT molecular complexity index is 800. The third-order valence-corrected chi connectivity index (χ3v) is 5.46. The van der Waals surface area contributed by atoms with Gasteiger partial charge in [0.25, 0.3) is 0 Å². The molecule has 2 aliphatic heterocycles. The molecule has 1 aromatic carbocycles. The fourth-order valence-corrected chi connectivity index (χ4v) is 4.33. The second kappa shape index (κ2) is 6.85. The number of aromatic nitrogens is 2. The quantitative estimate of drug-likeness (QED) is 0.858. The number of carbonyl (C=O) groups is 1. The normalized spacial score (nSPS) is 21.2. The minimum Gasteiger partial charge on any atom is -0.377 e. The standard InChI is InChI=1S/C18H23N5O2S/c1-18(2)11-23(13-7-4-3-6-12(13)20-18)10-15(24)19-17-22-21-16(26-17)14-8-5-9-25-14/h3-4,6-7,14,20H,5,8-11H2,1-2H3,(H,19,22,24). The Morgan fingerprint density at radius 3 is 3.08 bits per heavy atom. The molecule has 1 unspecified atom stereocenters. The van der Waals surface area contributed by atoms with Gasteiger partial charge in [0.1, 0.15) is 11.1 Å². The summed E-state index contributed by atoms with van der Waals surface area (Å²) in [6.45, 7) is 6.05. The molecule has 1 atom stereocenters. The highest BCUT2D eigenvalue weighted by Gasteiger charge is 2.30. The van der Waals surface area contributed by atoms with Gasteiger partial charge in [-0.15, -0.1) is 10.2 Å². The van der Waals surface area contributed by atoms with Crippen LogP contribution in [0.25, 0.3) is 0 Å². The Balaban J connectivity index is 1.43. The van der Waals surface area contributed by atoms with E-state index < -0.39 is 0 Å². The molecule has 8 heteroatoms. The summed E-state index contributed by atoms with van der Waals surface area (Å²) < 4.78 is 5.62. The van der Waals surface area contributed by atoms with Gasteiger partial charge in [-0.3, -0.25) is 10.1 Å². The summed E-state index contributed by atoms with van der Waals surface area (Å²) in [7, 11) is 0. The van der Waals surface area contributed by atoms with Crippen molar-refractivity contribution >= 4 is 33.8 Å². The van der Waals surface area contributed by atoms with Gasteiger partial charge in [0.2, 0.25) is 11.0 Å². The summed E-state index contributed by atoms with van der Waals surface area (Å²) in [5.74, 6) is -0.0902. The minimum atomic E-state index is -0.107. The summed E-state index contributed by atoms with van der Waals surface area (Å²) in [5, 5.41) is 16.0. The Morgan fingerprint density at radius 2 is 2.27 bits per heavy atom. The fourth-order valence-electron chi connectivity index (χ4n) is 3.48. The van der Waals surface area contributed by atoms with Gasteiger partial charge in [-0.1, -0.05) is 23.5 Å². The zero-order valence-corrected chi connectivity index (χ0v) is 15.8. The van der Waals surface area contributed by atoms with Crippen LogP contribution in [0.5, 0.6) is 0 Å². The molecule has 138 valence electrons. The third-order valence-electron chi connectivity index (χ3n) is 4.53. The van der Waals surface area contributed by atoms with Crippen molar-refractivity contribution in [2.45, 2.75) is 38.3 Å². The van der Waals surface area contributed by atoms with Gasteiger partial charge >= 0.3 is 0 Å². The average molecular weight is 373 g/mol. The predicted molar refractivity (Wildman–Crippen MR) is 103 cm³/mol. The molecule has 7 nitrogen and oxygen atoms in total. The number of hydrogen-bond acceptors (Lipinski definition) is 7. The number of hydrogen-bond donors (Lipinski definition) is 2. The Morgan fingerprint density at radius 1 is 1.42 bits per heavy atom. The lowest BCUT2D eigenvalue weighted by Gasteiger charge is -2.41. The van der Waals surface area contributed by atoms with Crippen molar-refractivity contribution < 1.29 is 9.53 Å². The second-order valence-corrected chi connectivity index (χ2v) is 8.39. The number of anilines is 3. The summed E-state index contributed by atoms with van der Waals surface area (Å²) in [6, 6.07) is 8.06. The van der Waals surface area contributed by atoms with E-state index in [0.717, 1.165) is 42.4 Å². The molecule has 1 saturated heterocycles. The lowest BCUT2D eigenvalue weighted by atomic mass is 9.99. The molecule has 0 spiro atoms. The van der Waals surface area contributed by atoms with Gasteiger partial charge in [0.15, 0.2) is 0 Å². The van der Waals surface area contributed by atoms with E-state index >= 15 is 0 Å². The Kier molecular flexibility index (Phi) is 4.54. The number of para-hydroxylation sites is 2. The van der Waals surface area contributed by atoms with Gasteiger partial charge in [-0.2, -0.15) is 0 Å². The van der Waals surface area contributed by atoms with E-state index in [0.29, 0.717) is 5.13 Å². The van der Waals surface area contributed by atoms with E-state index in [2.05, 4.69) is 39.6 Å². The van der Waals surface area contributed by atoms with E-state index in [1.807, 2.05) is 24.3 Å². The van der Waals surface area contributed by atoms with Gasteiger partial charge in [0, 0.05) is 18.7 Å². The van der Waals surface area contributed by atoms with Crippen molar-refractivity contribution in [2.75, 3.05) is 35.2 Å². The largest absolute Gasteiger partial charge is 0.377 e.